The van der Waals surface area contributed by atoms with Crippen LogP contribution in [0, 0.1) is 5.92 Å². The van der Waals surface area contributed by atoms with E-state index >= 15 is 0 Å². The lowest BCUT2D eigenvalue weighted by Gasteiger charge is -2.16. The van der Waals surface area contributed by atoms with E-state index in [9.17, 15) is 9.59 Å². The van der Waals surface area contributed by atoms with Crippen LogP contribution in [0.1, 0.15) is 32.6 Å². The third kappa shape index (κ3) is 5.22. The number of oxazole rings is 1. The summed E-state index contributed by atoms with van der Waals surface area (Å²) in [4.78, 5) is 27.3. The van der Waals surface area contributed by atoms with E-state index in [1.807, 2.05) is 44.2 Å². The van der Waals surface area contributed by atoms with Crippen molar-refractivity contribution in [2.24, 2.45) is 5.92 Å². The van der Waals surface area contributed by atoms with Gasteiger partial charge >= 0.3 is 5.97 Å². The number of benzene rings is 1. The molecule has 2 N–H and O–H groups in total. The Balaban J connectivity index is 1.88. The predicted octanol–water partition coefficient (Wildman–Crippen LogP) is 2.89. The summed E-state index contributed by atoms with van der Waals surface area (Å²) in [6.45, 7) is 3.83. The second kappa shape index (κ2) is 8.29. The number of hydrogen-bond acceptors (Lipinski definition) is 4. The first-order valence-corrected chi connectivity index (χ1v) is 7.98. The van der Waals surface area contributed by atoms with Gasteiger partial charge in [0.05, 0.1) is 6.20 Å². The smallest absolute Gasteiger partial charge is 0.326 e. The first-order chi connectivity index (χ1) is 11.5. The topological polar surface area (TPSA) is 92.4 Å². The average molecular weight is 330 g/mol. The molecule has 1 aromatic carbocycles. The maximum Gasteiger partial charge on any atom is 0.326 e. The van der Waals surface area contributed by atoms with Crippen molar-refractivity contribution in [2.75, 3.05) is 0 Å². The molecule has 2 aromatic rings. The van der Waals surface area contributed by atoms with E-state index in [1.165, 1.54) is 0 Å². The van der Waals surface area contributed by atoms with E-state index in [0.717, 1.165) is 5.56 Å². The molecule has 1 amide bonds. The zero-order valence-corrected chi connectivity index (χ0v) is 13.9. The minimum atomic E-state index is -1.01. The van der Waals surface area contributed by atoms with E-state index in [4.69, 9.17) is 9.52 Å². The van der Waals surface area contributed by atoms with Gasteiger partial charge in [-0.2, -0.15) is 0 Å². The van der Waals surface area contributed by atoms with E-state index in [0.29, 0.717) is 24.5 Å². The molecule has 0 aliphatic rings. The number of carbonyl (C=O) groups is 2. The highest BCUT2D eigenvalue weighted by molar-refractivity contribution is 5.83. The molecule has 128 valence electrons. The van der Waals surface area contributed by atoms with Crippen molar-refractivity contribution in [3.05, 3.63) is 42.4 Å². The van der Waals surface area contributed by atoms with Crippen LogP contribution < -0.4 is 5.32 Å². The Morgan fingerprint density at radius 3 is 2.58 bits per heavy atom. The molecular weight excluding hydrogens is 308 g/mol. The fraction of sp³-hybridized carbons (Fsp3) is 0.389. The number of carboxylic acid groups (broad SMARTS) is 1. The first-order valence-electron chi connectivity index (χ1n) is 7.98. The highest BCUT2D eigenvalue weighted by Crippen LogP contribution is 2.20. The lowest BCUT2D eigenvalue weighted by molar-refractivity contribution is -0.142. The molecule has 0 bridgehead atoms. The summed E-state index contributed by atoms with van der Waals surface area (Å²) >= 11 is 0. The SMILES string of the molecule is CC(C)C[C@@H](NC(=O)CCc1ncc(-c2ccccc2)o1)C(=O)O. The molecule has 2 rings (SSSR count). The van der Waals surface area contributed by atoms with E-state index in [-0.39, 0.29) is 18.2 Å². The van der Waals surface area contributed by atoms with Gasteiger partial charge in [-0.25, -0.2) is 9.78 Å². The molecule has 0 aliphatic carbocycles. The van der Waals surface area contributed by atoms with Crippen LogP contribution in [0.5, 0.6) is 0 Å². The van der Waals surface area contributed by atoms with Gasteiger partial charge in [-0.1, -0.05) is 44.2 Å². The van der Waals surface area contributed by atoms with Crippen LogP contribution in [0.3, 0.4) is 0 Å². The van der Waals surface area contributed by atoms with Crippen molar-refractivity contribution in [3.8, 4) is 11.3 Å². The summed E-state index contributed by atoms with van der Waals surface area (Å²) in [5.74, 6) is -0.0393. The minimum absolute atomic E-state index is 0.136. The summed E-state index contributed by atoms with van der Waals surface area (Å²) in [5, 5.41) is 11.7. The van der Waals surface area contributed by atoms with E-state index in [1.54, 1.807) is 6.20 Å². The van der Waals surface area contributed by atoms with Crippen molar-refractivity contribution >= 4 is 11.9 Å². The number of nitrogens with zero attached hydrogens (tertiary/aromatic N) is 1. The molecule has 6 nitrogen and oxygen atoms in total. The Bertz CT molecular complexity index is 679. The molecular formula is C18H22N2O4. The molecule has 0 spiro atoms. The standard InChI is InChI=1S/C18H22N2O4/c1-12(2)10-14(18(22)23)20-16(21)8-9-17-19-11-15(24-17)13-6-4-3-5-7-13/h3-7,11-12,14H,8-10H2,1-2H3,(H,20,21)(H,22,23)/t14-/m1/s1. The number of carbonyl (C=O) groups excluding carboxylic acids is 1. The molecule has 0 aliphatic heterocycles. The van der Waals surface area contributed by atoms with Crippen molar-refractivity contribution in [1.29, 1.82) is 0 Å². The van der Waals surface area contributed by atoms with Crippen LogP contribution in [0.4, 0.5) is 0 Å². The van der Waals surface area contributed by atoms with Gasteiger partial charge in [0.2, 0.25) is 5.91 Å². The molecule has 0 radical (unpaired) electrons. The molecule has 6 heteroatoms. The number of aliphatic carboxylic acids is 1. The van der Waals surface area contributed by atoms with Gasteiger partial charge in [0.25, 0.3) is 0 Å². The maximum atomic E-state index is 11.9. The van der Waals surface area contributed by atoms with Gasteiger partial charge in [-0.05, 0) is 12.3 Å². The van der Waals surface area contributed by atoms with Crippen LogP contribution in [-0.4, -0.2) is 28.0 Å². The third-order valence-corrected chi connectivity index (χ3v) is 3.52. The van der Waals surface area contributed by atoms with Crippen molar-refractivity contribution in [1.82, 2.24) is 10.3 Å². The first kappa shape index (κ1) is 17.7. The highest BCUT2D eigenvalue weighted by atomic mass is 16.4. The van der Waals surface area contributed by atoms with Gasteiger partial charge in [-0.3, -0.25) is 4.79 Å². The Morgan fingerprint density at radius 2 is 1.96 bits per heavy atom. The molecule has 0 unspecified atom stereocenters. The fourth-order valence-electron chi connectivity index (χ4n) is 2.34. The average Bonchev–Trinajstić information content (AvgIpc) is 3.01. The summed E-state index contributed by atoms with van der Waals surface area (Å²) in [7, 11) is 0. The molecule has 1 aromatic heterocycles. The summed E-state index contributed by atoms with van der Waals surface area (Å²) in [6, 6.07) is 8.71. The third-order valence-electron chi connectivity index (χ3n) is 3.52. The molecule has 24 heavy (non-hydrogen) atoms. The molecule has 1 atom stereocenters. The van der Waals surface area contributed by atoms with Crippen LogP contribution >= 0.6 is 0 Å². The van der Waals surface area contributed by atoms with Crippen molar-refractivity contribution in [3.63, 3.8) is 0 Å². The lowest BCUT2D eigenvalue weighted by atomic mass is 10.0. The summed E-state index contributed by atoms with van der Waals surface area (Å²) < 4.78 is 5.63. The van der Waals surface area contributed by atoms with Crippen LogP contribution in [0.2, 0.25) is 0 Å². The van der Waals surface area contributed by atoms with Crippen LogP contribution in [0.25, 0.3) is 11.3 Å². The fourth-order valence-corrected chi connectivity index (χ4v) is 2.34. The van der Waals surface area contributed by atoms with Crippen molar-refractivity contribution in [2.45, 2.75) is 39.2 Å². The van der Waals surface area contributed by atoms with Gasteiger partial charge < -0.3 is 14.8 Å². The Hall–Kier alpha value is -2.63. The molecule has 1 heterocycles. The van der Waals surface area contributed by atoms with E-state index in [2.05, 4.69) is 10.3 Å². The number of carboxylic acids is 1. The second-order valence-electron chi connectivity index (χ2n) is 6.07. The normalized spacial score (nSPS) is 12.1. The van der Waals surface area contributed by atoms with Gasteiger partial charge in [0, 0.05) is 18.4 Å². The molecule has 0 fully saturated rings. The number of aryl methyl sites for hydroxylation is 1. The van der Waals surface area contributed by atoms with Gasteiger partial charge in [0.15, 0.2) is 11.7 Å². The quantitative estimate of drug-likeness (QED) is 0.776. The Labute approximate surface area is 140 Å². The van der Waals surface area contributed by atoms with Gasteiger partial charge in [0.1, 0.15) is 6.04 Å². The number of hydrogen-bond donors (Lipinski definition) is 2. The zero-order chi connectivity index (χ0) is 17.5. The molecule has 0 saturated heterocycles. The lowest BCUT2D eigenvalue weighted by Crippen LogP contribution is -2.41. The number of rotatable bonds is 8. The van der Waals surface area contributed by atoms with E-state index < -0.39 is 12.0 Å². The Morgan fingerprint density at radius 1 is 1.25 bits per heavy atom. The van der Waals surface area contributed by atoms with Crippen LogP contribution in [-0.2, 0) is 16.0 Å². The minimum Gasteiger partial charge on any atom is -0.480 e. The Kier molecular flexibility index (Phi) is 6.12. The number of amides is 1. The number of nitrogens with one attached hydrogen (secondary N) is 1. The molecule has 0 saturated carbocycles. The van der Waals surface area contributed by atoms with Crippen molar-refractivity contribution < 1.29 is 19.1 Å². The van der Waals surface area contributed by atoms with Gasteiger partial charge in [-0.15, -0.1) is 0 Å². The predicted molar refractivity (Wildman–Crippen MR) is 89.3 cm³/mol. The zero-order valence-electron chi connectivity index (χ0n) is 13.9. The number of aromatic nitrogens is 1. The maximum absolute atomic E-state index is 11.9. The largest absolute Gasteiger partial charge is 0.480 e. The monoisotopic (exact) mass is 330 g/mol. The summed E-state index contributed by atoms with van der Waals surface area (Å²) in [5.41, 5.74) is 0.920. The summed E-state index contributed by atoms with van der Waals surface area (Å²) in [6.07, 6.45) is 2.49. The highest BCUT2D eigenvalue weighted by Gasteiger charge is 2.21. The van der Waals surface area contributed by atoms with Crippen LogP contribution in [0.15, 0.2) is 40.9 Å². The second-order valence-corrected chi connectivity index (χ2v) is 6.07.